The summed E-state index contributed by atoms with van der Waals surface area (Å²) in [4.78, 5) is 4.33. The van der Waals surface area contributed by atoms with E-state index in [1.54, 1.807) is 0 Å². The van der Waals surface area contributed by atoms with Gasteiger partial charge < -0.3 is 4.57 Å². The van der Waals surface area contributed by atoms with Crippen molar-refractivity contribution in [1.82, 2.24) is 9.55 Å². The van der Waals surface area contributed by atoms with E-state index in [9.17, 15) is 0 Å². The first-order valence-electron chi connectivity index (χ1n) is 7.95. The lowest BCUT2D eigenvalue weighted by Crippen LogP contribution is -1.95. The number of rotatable bonds is 1. The number of aromatic nitrogens is 2. The summed E-state index contributed by atoms with van der Waals surface area (Å²) in [5.41, 5.74) is 3.45. The van der Waals surface area contributed by atoms with Gasteiger partial charge in [0.25, 0.3) is 0 Å². The topological polar surface area (TPSA) is 17.8 Å². The van der Waals surface area contributed by atoms with E-state index in [-0.39, 0.29) is 0 Å². The maximum atomic E-state index is 4.33. The Labute approximate surface area is 161 Å². The van der Waals surface area contributed by atoms with E-state index in [1.807, 2.05) is 18.5 Å². The normalized spacial score (nSPS) is 11.6. The molecule has 0 radical (unpaired) electrons. The molecule has 5 rings (SSSR count). The summed E-state index contributed by atoms with van der Waals surface area (Å²) in [5, 5.41) is 4.88. The van der Waals surface area contributed by atoms with E-state index in [0.29, 0.717) is 0 Å². The Balaban J connectivity index is 2.11. The Morgan fingerprint density at radius 1 is 0.760 bits per heavy atom. The first-order chi connectivity index (χ1) is 12.2. The number of fused-ring (bicyclic) bond motifs is 5. The monoisotopic (exact) mass is 450 g/mol. The van der Waals surface area contributed by atoms with Gasteiger partial charge in [-0.1, -0.05) is 56.1 Å². The molecule has 0 aliphatic heterocycles. The maximum Gasteiger partial charge on any atom is 0.0645 e. The summed E-state index contributed by atoms with van der Waals surface area (Å²) in [6.45, 7) is 0. The van der Waals surface area contributed by atoms with Crippen molar-refractivity contribution in [2.45, 2.75) is 0 Å². The van der Waals surface area contributed by atoms with Gasteiger partial charge in [-0.15, -0.1) is 0 Å². The average Bonchev–Trinajstić information content (AvgIpc) is 2.96. The van der Waals surface area contributed by atoms with Gasteiger partial charge in [0.2, 0.25) is 0 Å². The molecule has 0 bridgehead atoms. The first kappa shape index (κ1) is 15.1. The molecule has 120 valence electrons. The Bertz CT molecular complexity index is 1260. The molecule has 4 heteroatoms. The van der Waals surface area contributed by atoms with Gasteiger partial charge in [-0.2, -0.15) is 0 Å². The zero-order valence-corrected chi connectivity index (χ0v) is 16.3. The molecule has 2 aromatic heterocycles. The third-order valence-electron chi connectivity index (χ3n) is 4.58. The number of pyridine rings is 1. The average molecular weight is 452 g/mol. The molecule has 0 atom stereocenters. The van der Waals surface area contributed by atoms with Crippen molar-refractivity contribution in [2.24, 2.45) is 0 Å². The SMILES string of the molecule is Brc1ccc2c(c1)c1cc(Br)c3ccccc3c1n2-c1cccnc1. The van der Waals surface area contributed by atoms with Crippen molar-refractivity contribution >= 4 is 64.4 Å². The Morgan fingerprint density at radius 3 is 2.40 bits per heavy atom. The van der Waals surface area contributed by atoms with Crippen LogP contribution in [0.5, 0.6) is 0 Å². The second-order valence-electron chi connectivity index (χ2n) is 6.01. The Hall–Kier alpha value is -2.17. The highest BCUT2D eigenvalue weighted by molar-refractivity contribution is 9.11. The van der Waals surface area contributed by atoms with Crippen molar-refractivity contribution in [2.75, 3.05) is 0 Å². The lowest BCUT2D eigenvalue weighted by atomic mass is 10.1. The number of hydrogen-bond acceptors (Lipinski definition) is 1. The van der Waals surface area contributed by atoms with Gasteiger partial charge in [0, 0.05) is 31.3 Å². The largest absolute Gasteiger partial charge is 0.307 e. The predicted molar refractivity (Wildman–Crippen MR) is 111 cm³/mol. The van der Waals surface area contributed by atoms with Crippen LogP contribution in [0.3, 0.4) is 0 Å². The molecule has 0 N–H and O–H groups in total. The van der Waals surface area contributed by atoms with Crippen molar-refractivity contribution in [3.8, 4) is 5.69 Å². The molecule has 0 saturated heterocycles. The van der Waals surface area contributed by atoms with Gasteiger partial charge in [-0.05, 0) is 41.8 Å². The highest BCUT2D eigenvalue weighted by atomic mass is 79.9. The third-order valence-corrected chi connectivity index (χ3v) is 5.73. The predicted octanol–water partition coefficient (Wildman–Crippen LogP) is 6.86. The summed E-state index contributed by atoms with van der Waals surface area (Å²) in [6, 6.07) is 21.2. The van der Waals surface area contributed by atoms with Crippen molar-refractivity contribution in [1.29, 1.82) is 0 Å². The van der Waals surface area contributed by atoms with E-state index in [2.05, 4.69) is 96.0 Å². The van der Waals surface area contributed by atoms with Crippen molar-refractivity contribution < 1.29 is 0 Å². The standard InChI is InChI=1S/C21H12Br2N2/c22-13-7-8-20-17(10-13)18-11-19(23)15-5-1-2-6-16(15)21(18)25(20)14-4-3-9-24-12-14/h1-12H. The molecule has 2 heterocycles. The molecular formula is C21H12Br2N2. The smallest absolute Gasteiger partial charge is 0.0645 e. The van der Waals surface area contributed by atoms with Crippen LogP contribution in [0, 0.1) is 0 Å². The minimum Gasteiger partial charge on any atom is -0.307 e. The summed E-state index contributed by atoms with van der Waals surface area (Å²) < 4.78 is 4.49. The van der Waals surface area contributed by atoms with Gasteiger partial charge in [0.1, 0.15) is 0 Å². The second-order valence-corrected chi connectivity index (χ2v) is 7.78. The third kappa shape index (κ3) is 2.25. The fourth-order valence-corrected chi connectivity index (χ4v) is 4.49. The summed E-state index contributed by atoms with van der Waals surface area (Å²) >= 11 is 7.37. The molecule has 0 unspecified atom stereocenters. The molecular weight excluding hydrogens is 440 g/mol. The molecule has 0 fully saturated rings. The molecule has 0 saturated carbocycles. The van der Waals surface area contributed by atoms with Crippen LogP contribution in [-0.4, -0.2) is 9.55 Å². The van der Waals surface area contributed by atoms with Gasteiger partial charge in [-0.3, -0.25) is 4.98 Å². The molecule has 25 heavy (non-hydrogen) atoms. The molecule has 2 nitrogen and oxygen atoms in total. The van der Waals surface area contributed by atoms with Gasteiger partial charge in [-0.25, -0.2) is 0 Å². The highest BCUT2D eigenvalue weighted by Gasteiger charge is 2.16. The number of benzene rings is 3. The summed E-state index contributed by atoms with van der Waals surface area (Å²) in [7, 11) is 0. The first-order valence-corrected chi connectivity index (χ1v) is 9.54. The fourth-order valence-electron chi connectivity index (χ4n) is 3.56. The van der Waals surface area contributed by atoms with E-state index in [1.165, 1.54) is 32.6 Å². The zero-order valence-electron chi connectivity index (χ0n) is 13.1. The fraction of sp³-hybridized carbons (Fsp3) is 0. The van der Waals surface area contributed by atoms with Crippen LogP contribution >= 0.6 is 31.9 Å². The van der Waals surface area contributed by atoms with Crippen LogP contribution in [0.1, 0.15) is 0 Å². The lowest BCUT2D eigenvalue weighted by Gasteiger charge is -2.10. The zero-order chi connectivity index (χ0) is 17.0. The molecule has 0 aliphatic carbocycles. The summed E-state index contributed by atoms with van der Waals surface area (Å²) in [5.74, 6) is 0. The summed E-state index contributed by atoms with van der Waals surface area (Å²) in [6.07, 6.45) is 3.72. The number of halogens is 2. The van der Waals surface area contributed by atoms with Gasteiger partial charge >= 0.3 is 0 Å². The maximum absolute atomic E-state index is 4.33. The van der Waals surface area contributed by atoms with E-state index in [0.717, 1.165) is 14.6 Å². The quantitative estimate of drug-likeness (QED) is 0.272. The van der Waals surface area contributed by atoms with Crippen LogP contribution in [0.4, 0.5) is 0 Å². The number of hydrogen-bond donors (Lipinski definition) is 0. The molecule has 0 amide bonds. The Kier molecular flexibility index (Phi) is 3.43. The molecule has 0 aliphatic rings. The van der Waals surface area contributed by atoms with Crippen LogP contribution in [0.15, 0.2) is 82.0 Å². The highest BCUT2D eigenvalue weighted by Crippen LogP contribution is 2.40. The van der Waals surface area contributed by atoms with Crippen molar-refractivity contribution in [3.05, 3.63) is 82.0 Å². The van der Waals surface area contributed by atoms with Crippen LogP contribution < -0.4 is 0 Å². The van der Waals surface area contributed by atoms with E-state index < -0.39 is 0 Å². The molecule has 3 aromatic carbocycles. The lowest BCUT2D eigenvalue weighted by molar-refractivity contribution is 1.14. The van der Waals surface area contributed by atoms with E-state index in [4.69, 9.17) is 0 Å². The number of nitrogens with zero attached hydrogens (tertiary/aromatic N) is 2. The van der Waals surface area contributed by atoms with Crippen LogP contribution in [-0.2, 0) is 0 Å². The van der Waals surface area contributed by atoms with Gasteiger partial charge in [0.15, 0.2) is 0 Å². The molecule has 0 spiro atoms. The van der Waals surface area contributed by atoms with Crippen molar-refractivity contribution in [3.63, 3.8) is 0 Å². The molecule has 5 aromatic rings. The van der Waals surface area contributed by atoms with Gasteiger partial charge in [0.05, 0.1) is 22.9 Å². The van der Waals surface area contributed by atoms with Crippen LogP contribution in [0.25, 0.3) is 38.3 Å². The Morgan fingerprint density at radius 2 is 1.60 bits per heavy atom. The minimum atomic E-state index is 1.07. The second kappa shape index (κ2) is 5.68. The van der Waals surface area contributed by atoms with Crippen LogP contribution in [0.2, 0.25) is 0 Å². The minimum absolute atomic E-state index is 1.07. The van der Waals surface area contributed by atoms with E-state index >= 15 is 0 Å².